The molecular formula is C26H25N2O2+. The highest BCUT2D eigenvalue weighted by Gasteiger charge is 2.31. The van der Waals surface area contributed by atoms with Crippen molar-refractivity contribution in [3.8, 4) is 34.1 Å². The zero-order valence-corrected chi connectivity index (χ0v) is 17.3. The Morgan fingerprint density at radius 1 is 0.867 bits per heavy atom. The van der Waals surface area contributed by atoms with E-state index in [2.05, 4.69) is 63.9 Å². The third kappa shape index (κ3) is 3.14. The minimum Gasteiger partial charge on any atom is -0.497 e. The fraction of sp³-hybridized carbons (Fsp3) is 0.192. The summed E-state index contributed by atoms with van der Waals surface area (Å²) in [5.74, 6) is 3.04. The molecule has 0 saturated heterocycles. The summed E-state index contributed by atoms with van der Waals surface area (Å²) < 4.78 is 15.7. The van der Waals surface area contributed by atoms with Crippen LogP contribution in [-0.2, 0) is 12.8 Å². The minimum absolute atomic E-state index is 0.669. The molecule has 4 aromatic rings. The number of methoxy groups -OCH3 is 1. The average molecular weight is 397 g/mol. The number of nitrogens with zero attached hydrogens (tertiary/aromatic N) is 2. The summed E-state index contributed by atoms with van der Waals surface area (Å²) in [5, 5.41) is 0. The van der Waals surface area contributed by atoms with Gasteiger partial charge in [0.1, 0.15) is 29.1 Å². The molecule has 0 aliphatic carbocycles. The van der Waals surface area contributed by atoms with E-state index >= 15 is 0 Å². The maximum Gasteiger partial charge on any atom is 0.267 e. The molecule has 0 fully saturated rings. The summed E-state index contributed by atoms with van der Waals surface area (Å²) in [4.78, 5) is 0. The number of fused-ring (bicyclic) bond motifs is 3. The normalized spacial score (nSPS) is 12.2. The van der Waals surface area contributed by atoms with Gasteiger partial charge in [0, 0.05) is 5.56 Å². The molecular weight excluding hydrogens is 372 g/mol. The topological polar surface area (TPSA) is 27.3 Å². The van der Waals surface area contributed by atoms with Crippen molar-refractivity contribution in [2.75, 3.05) is 13.7 Å². The predicted octanol–water partition coefficient (Wildman–Crippen LogP) is 4.93. The summed E-state index contributed by atoms with van der Waals surface area (Å²) in [7, 11) is 1.70. The van der Waals surface area contributed by atoms with Gasteiger partial charge < -0.3 is 9.47 Å². The molecule has 1 aliphatic rings. The molecule has 2 heterocycles. The molecule has 3 aromatic carbocycles. The molecule has 0 atom stereocenters. The van der Waals surface area contributed by atoms with Crippen LogP contribution in [0.5, 0.6) is 11.5 Å². The third-order valence-corrected chi connectivity index (χ3v) is 5.69. The number of rotatable bonds is 5. The maximum absolute atomic E-state index is 5.64. The Morgan fingerprint density at radius 3 is 2.33 bits per heavy atom. The van der Waals surface area contributed by atoms with Crippen LogP contribution in [0.3, 0.4) is 0 Å². The molecule has 4 heteroatoms. The lowest BCUT2D eigenvalue weighted by Crippen LogP contribution is -2.39. The van der Waals surface area contributed by atoms with Crippen molar-refractivity contribution in [2.24, 2.45) is 0 Å². The van der Waals surface area contributed by atoms with Crippen molar-refractivity contribution in [3.05, 3.63) is 90.4 Å². The van der Waals surface area contributed by atoms with Crippen LogP contribution < -0.4 is 14.0 Å². The lowest BCUT2D eigenvalue weighted by molar-refractivity contribution is -0.606. The summed E-state index contributed by atoms with van der Waals surface area (Å²) in [6.07, 6.45) is 4.28. The molecule has 1 aromatic heterocycles. The summed E-state index contributed by atoms with van der Waals surface area (Å²) >= 11 is 0. The zero-order valence-electron chi connectivity index (χ0n) is 17.3. The van der Waals surface area contributed by atoms with Gasteiger partial charge in [0.25, 0.3) is 5.82 Å². The second kappa shape index (κ2) is 7.71. The van der Waals surface area contributed by atoms with Gasteiger partial charge in [-0.25, -0.2) is 0 Å². The second-order valence-electron chi connectivity index (χ2n) is 7.42. The molecule has 4 nitrogen and oxygen atoms in total. The highest BCUT2D eigenvalue weighted by Crippen LogP contribution is 2.30. The predicted molar refractivity (Wildman–Crippen MR) is 118 cm³/mol. The fourth-order valence-electron chi connectivity index (χ4n) is 4.26. The Morgan fingerprint density at radius 2 is 1.60 bits per heavy atom. The van der Waals surface area contributed by atoms with Crippen LogP contribution in [0.15, 0.2) is 79.0 Å². The maximum atomic E-state index is 5.64. The molecule has 1 aliphatic heterocycles. The van der Waals surface area contributed by atoms with E-state index in [1.54, 1.807) is 7.11 Å². The van der Waals surface area contributed by atoms with Crippen LogP contribution >= 0.6 is 0 Å². The molecule has 0 saturated carbocycles. The van der Waals surface area contributed by atoms with Gasteiger partial charge in [0.15, 0.2) is 5.69 Å². The van der Waals surface area contributed by atoms with Crippen LogP contribution in [0, 0.1) is 0 Å². The number of imidazole rings is 1. The van der Waals surface area contributed by atoms with E-state index in [1.165, 1.54) is 17.1 Å². The van der Waals surface area contributed by atoms with Crippen LogP contribution in [0.4, 0.5) is 0 Å². The number of benzene rings is 3. The number of aryl methyl sites for hydroxylation is 1. The summed E-state index contributed by atoms with van der Waals surface area (Å²) in [6.45, 7) is 2.67. The van der Waals surface area contributed by atoms with E-state index in [0.29, 0.717) is 6.61 Å². The van der Waals surface area contributed by atoms with Crippen molar-refractivity contribution < 1.29 is 14.0 Å². The van der Waals surface area contributed by atoms with Crippen molar-refractivity contribution in [1.29, 1.82) is 0 Å². The lowest BCUT2D eigenvalue weighted by Gasteiger charge is -2.14. The molecule has 0 unspecified atom stereocenters. The van der Waals surface area contributed by atoms with Gasteiger partial charge in [-0.05, 0) is 73.5 Å². The largest absolute Gasteiger partial charge is 0.497 e. The molecule has 0 bridgehead atoms. The first-order valence-corrected chi connectivity index (χ1v) is 10.4. The van der Waals surface area contributed by atoms with E-state index in [4.69, 9.17) is 9.47 Å². The number of ether oxygens (including phenoxy) is 2. The first kappa shape index (κ1) is 18.5. The van der Waals surface area contributed by atoms with Gasteiger partial charge in [-0.15, -0.1) is 0 Å². The molecule has 0 N–H and O–H groups in total. The highest BCUT2D eigenvalue weighted by atomic mass is 16.5. The van der Waals surface area contributed by atoms with E-state index < -0.39 is 0 Å². The molecule has 30 heavy (non-hydrogen) atoms. The molecule has 0 radical (unpaired) electrons. The van der Waals surface area contributed by atoms with Gasteiger partial charge in [0.2, 0.25) is 0 Å². The van der Waals surface area contributed by atoms with E-state index in [9.17, 15) is 0 Å². The van der Waals surface area contributed by atoms with Crippen molar-refractivity contribution in [1.82, 2.24) is 4.57 Å². The van der Waals surface area contributed by atoms with Crippen molar-refractivity contribution in [2.45, 2.75) is 19.8 Å². The van der Waals surface area contributed by atoms with Gasteiger partial charge in [-0.3, -0.25) is 0 Å². The van der Waals surface area contributed by atoms with Gasteiger partial charge in [-0.1, -0.05) is 18.2 Å². The van der Waals surface area contributed by atoms with Gasteiger partial charge >= 0.3 is 0 Å². The molecule has 150 valence electrons. The minimum atomic E-state index is 0.669. The van der Waals surface area contributed by atoms with Crippen molar-refractivity contribution in [3.63, 3.8) is 0 Å². The molecule has 0 spiro atoms. The first-order chi connectivity index (χ1) is 14.8. The Kier molecular flexibility index (Phi) is 4.75. The Bertz CT molecular complexity index is 1170. The Labute approximate surface area is 176 Å². The summed E-state index contributed by atoms with van der Waals surface area (Å²) in [6, 6.07) is 25.3. The summed E-state index contributed by atoms with van der Waals surface area (Å²) in [5.41, 5.74) is 6.11. The number of hydrogen-bond donors (Lipinski definition) is 0. The Hall–Kier alpha value is -3.53. The SMILES string of the molecule is CCOc1ccc(-c2c[n+]3c(n2-c2ccc(OC)cc2)CCc2ccccc2-3)cc1. The number of para-hydroxylation sites is 1. The quantitative estimate of drug-likeness (QED) is 0.447. The van der Waals surface area contributed by atoms with Crippen LogP contribution in [-0.4, -0.2) is 18.3 Å². The zero-order chi connectivity index (χ0) is 20.5. The highest BCUT2D eigenvalue weighted by molar-refractivity contribution is 5.63. The monoisotopic (exact) mass is 397 g/mol. The van der Waals surface area contributed by atoms with E-state index in [0.717, 1.165) is 41.3 Å². The van der Waals surface area contributed by atoms with Crippen LogP contribution in [0.2, 0.25) is 0 Å². The number of aromatic nitrogens is 2. The van der Waals surface area contributed by atoms with E-state index in [-0.39, 0.29) is 0 Å². The fourth-order valence-corrected chi connectivity index (χ4v) is 4.26. The van der Waals surface area contributed by atoms with Crippen LogP contribution in [0.1, 0.15) is 18.3 Å². The molecule has 5 rings (SSSR count). The standard InChI is InChI=1S/C26H25N2O2/c1-3-30-23-13-8-20(9-14-23)25-18-27-24-7-5-4-6-19(24)10-17-26(27)28(25)21-11-15-22(29-2)16-12-21/h4-9,11-16,18H,3,10,17H2,1-2H3/q+1. The van der Waals surface area contributed by atoms with Crippen LogP contribution in [0.25, 0.3) is 22.6 Å². The molecule has 0 amide bonds. The first-order valence-electron chi connectivity index (χ1n) is 10.4. The van der Waals surface area contributed by atoms with Crippen molar-refractivity contribution >= 4 is 0 Å². The average Bonchev–Trinajstić information content (AvgIpc) is 3.20. The van der Waals surface area contributed by atoms with E-state index in [1.807, 2.05) is 31.2 Å². The smallest absolute Gasteiger partial charge is 0.267 e. The Balaban J connectivity index is 1.70. The lowest BCUT2D eigenvalue weighted by atomic mass is 10.0. The van der Waals surface area contributed by atoms with Gasteiger partial charge in [-0.2, -0.15) is 9.13 Å². The number of hydrogen-bond acceptors (Lipinski definition) is 2. The second-order valence-corrected chi connectivity index (χ2v) is 7.42. The van der Waals surface area contributed by atoms with Gasteiger partial charge in [0.05, 0.1) is 20.1 Å². The third-order valence-electron chi connectivity index (χ3n) is 5.69.